The second kappa shape index (κ2) is 5.63. The molecule has 1 atom stereocenters. The Kier molecular flexibility index (Phi) is 3.66. The topological polar surface area (TPSA) is 75.6 Å². The van der Waals surface area contributed by atoms with E-state index in [4.69, 9.17) is 0 Å². The van der Waals surface area contributed by atoms with Crippen LogP contribution in [0.5, 0.6) is 0 Å². The minimum Gasteiger partial charge on any atom is -0.348 e. The third kappa shape index (κ3) is 2.59. The van der Waals surface area contributed by atoms with Crippen molar-refractivity contribution in [3.05, 3.63) is 47.5 Å². The number of benzene rings is 1. The lowest BCUT2D eigenvalue weighted by Gasteiger charge is -2.15. The molecule has 6 heteroatoms. The van der Waals surface area contributed by atoms with Gasteiger partial charge in [0.15, 0.2) is 0 Å². The lowest BCUT2D eigenvalue weighted by molar-refractivity contribution is -0.122. The number of nitrogens with zero attached hydrogens (tertiary/aromatic N) is 3. The summed E-state index contributed by atoms with van der Waals surface area (Å²) in [6, 6.07) is 7.69. The van der Waals surface area contributed by atoms with Crippen LogP contribution in [0.4, 0.5) is 0 Å². The molecule has 0 radical (unpaired) electrons. The first-order chi connectivity index (χ1) is 10.6. The predicted molar refractivity (Wildman–Crippen MR) is 84.4 cm³/mol. The van der Waals surface area contributed by atoms with Crippen molar-refractivity contribution in [3.63, 3.8) is 0 Å². The number of rotatable bonds is 4. The molecule has 2 heterocycles. The number of hydrogen-bond donors (Lipinski definition) is 2. The molecule has 0 saturated carbocycles. The Hall–Kier alpha value is -2.63. The standard InChI is InChI=1S/C16H19N5O/c1-10(16-11(2)19-20-12(16)3)18-15(22)8-21-9-17-13-6-4-5-7-14(13)21/h4-7,9-10H,8H2,1-3H3,(H,18,22)(H,19,20)/t10-/m1/s1. The summed E-state index contributed by atoms with van der Waals surface area (Å²) < 4.78 is 1.85. The molecule has 0 saturated heterocycles. The summed E-state index contributed by atoms with van der Waals surface area (Å²) in [5.41, 5.74) is 4.80. The summed E-state index contributed by atoms with van der Waals surface area (Å²) >= 11 is 0. The molecule has 1 aromatic carbocycles. The van der Waals surface area contributed by atoms with Crippen molar-refractivity contribution in [2.45, 2.75) is 33.4 Å². The molecule has 114 valence electrons. The summed E-state index contributed by atoms with van der Waals surface area (Å²) in [5, 5.41) is 10.1. The number of aryl methyl sites for hydroxylation is 2. The molecule has 6 nitrogen and oxygen atoms in total. The number of carbonyl (C=O) groups is 1. The first kappa shape index (κ1) is 14.3. The molecule has 0 bridgehead atoms. The van der Waals surface area contributed by atoms with Crippen molar-refractivity contribution in [2.75, 3.05) is 0 Å². The number of aromatic nitrogens is 4. The van der Waals surface area contributed by atoms with Gasteiger partial charge in [-0.15, -0.1) is 0 Å². The van der Waals surface area contributed by atoms with Gasteiger partial charge in [0.05, 0.1) is 29.1 Å². The van der Waals surface area contributed by atoms with Gasteiger partial charge < -0.3 is 9.88 Å². The number of hydrogen-bond acceptors (Lipinski definition) is 3. The molecule has 2 N–H and O–H groups in total. The summed E-state index contributed by atoms with van der Waals surface area (Å²) in [4.78, 5) is 16.6. The van der Waals surface area contributed by atoms with Crippen molar-refractivity contribution < 1.29 is 4.79 Å². The number of imidazole rings is 1. The fraction of sp³-hybridized carbons (Fsp3) is 0.312. The van der Waals surface area contributed by atoms with E-state index in [1.807, 2.05) is 49.6 Å². The van der Waals surface area contributed by atoms with Crippen LogP contribution < -0.4 is 5.32 Å². The Labute approximate surface area is 128 Å². The third-order valence-corrected chi connectivity index (χ3v) is 3.84. The van der Waals surface area contributed by atoms with Crippen LogP contribution in [0.25, 0.3) is 11.0 Å². The van der Waals surface area contributed by atoms with E-state index in [1.165, 1.54) is 0 Å². The Balaban J connectivity index is 1.73. The van der Waals surface area contributed by atoms with Gasteiger partial charge in [0, 0.05) is 11.3 Å². The highest BCUT2D eigenvalue weighted by Crippen LogP contribution is 2.19. The van der Waals surface area contributed by atoms with Crippen molar-refractivity contribution >= 4 is 16.9 Å². The predicted octanol–water partition coefficient (Wildman–Crippen LogP) is 2.25. The number of nitrogens with one attached hydrogen (secondary N) is 2. The molecule has 0 aliphatic carbocycles. The highest BCUT2D eigenvalue weighted by atomic mass is 16.2. The van der Waals surface area contributed by atoms with Crippen molar-refractivity contribution in [1.29, 1.82) is 0 Å². The molecule has 0 fully saturated rings. The van der Waals surface area contributed by atoms with E-state index < -0.39 is 0 Å². The van der Waals surface area contributed by atoms with Crippen molar-refractivity contribution in [3.8, 4) is 0 Å². The maximum Gasteiger partial charge on any atom is 0.240 e. The van der Waals surface area contributed by atoms with E-state index in [0.29, 0.717) is 0 Å². The van der Waals surface area contributed by atoms with Crippen molar-refractivity contribution in [2.24, 2.45) is 0 Å². The quantitative estimate of drug-likeness (QED) is 0.775. The Bertz CT molecular complexity index is 797. The molecule has 3 rings (SSSR count). The van der Waals surface area contributed by atoms with Gasteiger partial charge in [-0.2, -0.15) is 5.10 Å². The van der Waals surface area contributed by atoms with Crippen LogP contribution in [0.15, 0.2) is 30.6 Å². The SMILES string of the molecule is Cc1n[nH]c(C)c1[C@@H](C)NC(=O)Cn1cnc2ccccc21. The van der Waals surface area contributed by atoms with E-state index >= 15 is 0 Å². The fourth-order valence-corrected chi connectivity index (χ4v) is 2.85. The summed E-state index contributed by atoms with van der Waals surface area (Å²) in [7, 11) is 0. The smallest absolute Gasteiger partial charge is 0.240 e. The van der Waals surface area contributed by atoms with E-state index in [-0.39, 0.29) is 18.5 Å². The number of aromatic amines is 1. The molecule has 1 amide bonds. The van der Waals surface area contributed by atoms with Gasteiger partial charge in [-0.25, -0.2) is 4.98 Å². The van der Waals surface area contributed by atoms with Crippen LogP contribution in [0.3, 0.4) is 0 Å². The highest BCUT2D eigenvalue weighted by molar-refractivity contribution is 5.80. The fourth-order valence-electron chi connectivity index (χ4n) is 2.85. The number of H-pyrrole nitrogens is 1. The average molecular weight is 297 g/mol. The van der Waals surface area contributed by atoms with Crippen LogP contribution in [-0.4, -0.2) is 25.7 Å². The van der Waals surface area contributed by atoms with Crippen LogP contribution in [0, 0.1) is 13.8 Å². The maximum atomic E-state index is 12.3. The minimum atomic E-state index is -0.0824. The first-order valence-corrected chi connectivity index (χ1v) is 7.27. The summed E-state index contributed by atoms with van der Waals surface area (Å²) in [5.74, 6) is -0.0457. The Morgan fingerprint density at radius 1 is 1.36 bits per heavy atom. The zero-order valence-corrected chi connectivity index (χ0v) is 12.9. The lowest BCUT2D eigenvalue weighted by atomic mass is 10.1. The van der Waals surface area contributed by atoms with E-state index in [2.05, 4.69) is 20.5 Å². The number of para-hydroxylation sites is 2. The van der Waals surface area contributed by atoms with Gasteiger partial charge in [-0.05, 0) is 32.9 Å². The molecular formula is C16H19N5O. The molecule has 0 aliphatic rings. The van der Waals surface area contributed by atoms with E-state index in [1.54, 1.807) is 6.33 Å². The normalized spacial score (nSPS) is 12.5. The minimum absolute atomic E-state index is 0.0457. The van der Waals surface area contributed by atoms with Crippen LogP contribution in [-0.2, 0) is 11.3 Å². The van der Waals surface area contributed by atoms with Crippen molar-refractivity contribution in [1.82, 2.24) is 25.1 Å². The van der Waals surface area contributed by atoms with E-state index in [9.17, 15) is 4.79 Å². The molecule has 0 aliphatic heterocycles. The highest BCUT2D eigenvalue weighted by Gasteiger charge is 2.17. The Morgan fingerprint density at radius 2 is 2.14 bits per heavy atom. The monoisotopic (exact) mass is 297 g/mol. The summed E-state index contributed by atoms with van der Waals surface area (Å²) in [6.45, 7) is 6.11. The second-order valence-electron chi connectivity index (χ2n) is 5.50. The van der Waals surface area contributed by atoms with Gasteiger partial charge in [0.1, 0.15) is 6.54 Å². The number of amides is 1. The van der Waals surface area contributed by atoms with Gasteiger partial charge in [-0.1, -0.05) is 12.1 Å². The van der Waals surface area contributed by atoms with Gasteiger partial charge in [0.25, 0.3) is 0 Å². The summed E-state index contributed by atoms with van der Waals surface area (Å²) in [6.07, 6.45) is 1.70. The number of fused-ring (bicyclic) bond motifs is 1. The molecule has 0 unspecified atom stereocenters. The van der Waals surface area contributed by atoms with Gasteiger partial charge in [0.2, 0.25) is 5.91 Å². The van der Waals surface area contributed by atoms with Crippen LogP contribution in [0.2, 0.25) is 0 Å². The molecule has 0 spiro atoms. The van der Waals surface area contributed by atoms with Gasteiger partial charge in [-0.3, -0.25) is 9.89 Å². The zero-order chi connectivity index (χ0) is 15.7. The molecule has 2 aromatic heterocycles. The number of carbonyl (C=O) groups excluding carboxylic acids is 1. The van der Waals surface area contributed by atoms with E-state index in [0.717, 1.165) is 28.0 Å². The average Bonchev–Trinajstić information content (AvgIpc) is 3.03. The first-order valence-electron chi connectivity index (χ1n) is 7.27. The zero-order valence-electron chi connectivity index (χ0n) is 12.9. The van der Waals surface area contributed by atoms with Gasteiger partial charge >= 0.3 is 0 Å². The maximum absolute atomic E-state index is 12.3. The molecular weight excluding hydrogens is 278 g/mol. The molecule has 3 aromatic rings. The Morgan fingerprint density at radius 3 is 2.86 bits per heavy atom. The largest absolute Gasteiger partial charge is 0.348 e. The molecule has 22 heavy (non-hydrogen) atoms. The van der Waals surface area contributed by atoms with Crippen LogP contribution in [0.1, 0.15) is 29.9 Å². The van der Waals surface area contributed by atoms with Crippen LogP contribution >= 0.6 is 0 Å². The third-order valence-electron chi connectivity index (χ3n) is 3.84. The lowest BCUT2D eigenvalue weighted by Crippen LogP contribution is -2.30. The second-order valence-corrected chi connectivity index (χ2v) is 5.50.